The zero-order valence-electron chi connectivity index (χ0n) is 20.1. The van der Waals surface area contributed by atoms with Crippen molar-refractivity contribution in [1.29, 1.82) is 0 Å². The van der Waals surface area contributed by atoms with Crippen molar-refractivity contribution >= 4 is 33.3 Å². The Kier molecular flexibility index (Phi) is 9.70. The molecule has 9 nitrogen and oxygen atoms in total. The van der Waals surface area contributed by atoms with Crippen LogP contribution in [0.15, 0.2) is 41.3 Å². The monoisotopic (exact) mass is 530 g/mol. The molecule has 0 bridgehead atoms. The summed E-state index contributed by atoms with van der Waals surface area (Å²) >= 11 is 0. The number of sulfonamides is 1. The van der Waals surface area contributed by atoms with E-state index in [2.05, 4.69) is 20.3 Å². The fourth-order valence-electron chi connectivity index (χ4n) is 3.43. The number of anilines is 2. The molecule has 0 aliphatic carbocycles. The van der Waals surface area contributed by atoms with Gasteiger partial charge in [-0.3, -0.25) is 9.52 Å². The Hall–Kier alpha value is -3.32. The van der Waals surface area contributed by atoms with Gasteiger partial charge < -0.3 is 20.6 Å². The van der Waals surface area contributed by atoms with Crippen molar-refractivity contribution in [3.63, 3.8) is 0 Å². The average Bonchev–Trinajstić information content (AvgIpc) is 2.81. The number of carbonyl (C=O) groups excluding carboxylic acids is 1. The number of hydrogen-bond acceptors (Lipinski definition) is 6. The summed E-state index contributed by atoms with van der Waals surface area (Å²) in [5.74, 6) is -2.97. The van der Waals surface area contributed by atoms with Crippen LogP contribution in [0.5, 0.6) is 0 Å². The van der Waals surface area contributed by atoms with Gasteiger partial charge in [0.1, 0.15) is 0 Å². The van der Waals surface area contributed by atoms with Crippen molar-refractivity contribution in [3.8, 4) is 0 Å². The van der Waals surface area contributed by atoms with Gasteiger partial charge in [-0.2, -0.15) is 13.2 Å². The van der Waals surface area contributed by atoms with Gasteiger partial charge >= 0.3 is 12.1 Å². The number of amides is 1. The number of piperazine rings is 1. The Morgan fingerprint density at radius 2 is 1.69 bits per heavy atom. The Balaban J connectivity index is 0.000000572. The molecular formula is C23H29F3N4O5S. The van der Waals surface area contributed by atoms with Crippen LogP contribution in [0.3, 0.4) is 0 Å². The molecule has 0 spiro atoms. The van der Waals surface area contributed by atoms with E-state index in [0.29, 0.717) is 23.4 Å². The summed E-state index contributed by atoms with van der Waals surface area (Å²) < 4.78 is 60.2. The lowest BCUT2D eigenvalue weighted by molar-refractivity contribution is -0.192. The van der Waals surface area contributed by atoms with Crippen molar-refractivity contribution in [2.75, 3.05) is 42.3 Å². The zero-order valence-corrected chi connectivity index (χ0v) is 20.9. The second-order valence-electron chi connectivity index (χ2n) is 8.01. The maximum Gasteiger partial charge on any atom is 0.490 e. The van der Waals surface area contributed by atoms with Gasteiger partial charge in [0, 0.05) is 44.1 Å². The standard InChI is InChI=1S/C21H28N4O3S.C2HF3O2/c1-4-23-21(26)18-14-17(7-8-19(18)25-11-9-22-10-12-25)24-29(27,28)20-13-15(2)5-6-16(20)3;3-2(4,5)1(6)7/h5-8,13-14,22,24H,4,9-12H2,1-3H3,(H,23,26);(H,6,7). The number of nitrogens with zero attached hydrogens (tertiary/aromatic N) is 1. The summed E-state index contributed by atoms with van der Waals surface area (Å²) in [6.07, 6.45) is -5.08. The minimum absolute atomic E-state index is 0.214. The van der Waals surface area contributed by atoms with E-state index in [1.165, 1.54) is 0 Å². The Bertz CT molecular complexity index is 1200. The van der Waals surface area contributed by atoms with Crippen molar-refractivity contribution in [1.82, 2.24) is 10.6 Å². The summed E-state index contributed by atoms with van der Waals surface area (Å²) in [7, 11) is -3.76. The first kappa shape index (κ1) is 28.9. The van der Waals surface area contributed by atoms with Crippen molar-refractivity contribution in [2.45, 2.75) is 31.8 Å². The molecule has 3 rings (SSSR count). The van der Waals surface area contributed by atoms with Gasteiger partial charge in [0.2, 0.25) is 0 Å². The Labute approximate surface area is 207 Å². The first-order valence-corrected chi connectivity index (χ1v) is 12.5. The third kappa shape index (κ3) is 7.85. The highest BCUT2D eigenvalue weighted by molar-refractivity contribution is 7.92. The van der Waals surface area contributed by atoms with Crippen LogP contribution in [0.2, 0.25) is 0 Å². The number of carbonyl (C=O) groups is 2. The molecule has 1 amide bonds. The molecule has 0 radical (unpaired) electrons. The van der Waals surface area contributed by atoms with Gasteiger partial charge in [-0.05, 0) is 56.2 Å². The molecule has 2 aromatic rings. The molecule has 0 unspecified atom stereocenters. The molecule has 4 N–H and O–H groups in total. The number of nitrogens with one attached hydrogen (secondary N) is 3. The summed E-state index contributed by atoms with van der Waals surface area (Å²) in [5.41, 5.74) is 3.19. The third-order valence-corrected chi connectivity index (χ3v) is 6.69. The highest BCUT2D eigenvalue weighted by Gasteiger charge is 2.38. The number of rotatable bonds is 6. The largest absolute Gasteiger partial charge is 0.490 e. The molecule has 0 saturated carbocycles. The molecule has 1 saturated heterocycles. The van der Waals surface area contributed by atoms with Gasteiger partial charge in [-0.1, -0.05) is 12.1 Å². The van der Waals surface area contributed by atoms with E-state index in [0.717, 1.165) is 37.4 Å². The number of alkyl halides is 3. The van der Waals surface area contributed by atoms with E-state index >= 15 is 0 Å². The second-order valence-corrected chi connectivity index (χ2v) is 9.66. The number of carboxylic acids is 1. The van der Waals surface area contributed by atoms with Crippen molar-refractivity contribution in [2.24, 2.45) is 0 Å². The second kappa shape index (κ2) is 12.1. The number of hydrogen-bond donors (Lipinski definition) is 4. The molecule has 1 fully saturated rings. The van der Waals surface area contributed by atoms with E-state index in [1.807, 2.05) is 26.0 Å². The minimum Gasteiger partial charge on any atom is -0.475 e. The van der Waals surface area contributed by atoms with E-state index in [4.69, 9.17) is 9.90 Å². The van der Waals surface area contributed by atoms with Crippen LogP contribution in [0.1, 0.15) is 28.4 Å². The predicted molar refractivity (Wildman–Crippen MR) is 130 cm³/mol. The number of aliphatic carboxylic acids is 1. The topological polar surface area (TPSA) is 128 Å². The lowest BCUT2D eigenvalue weighted by Crippen LogP contribution is -2.44. The third-order valence-electron chi connectivity index (χ3n) is 5.16. The summed E-state index contributed by atoms with van der Waals surface area (Å²) in [4.78, 5) is 23.9. The van der Waals surface area contributed by atoms with E-state index in [9.17, 15) is 26.4 Å². The normalized spacial score (nSPS) is 13.9. The quantitative estimate of drug-likeness (QED) is 0.452. The minimum atomic E-state index is -5.08. The van der Waals surface area contributed by atoms with E-state index in [1.54, 1.807) is 31.2 Å². The number of benzene rings is 2. The highest BCUT2D eigenvalue weighted by Crippen LogP contribution is 2.27. The molecule has 1 aliphatic heterocycles. The molecule has 1 heterocycles. The molecule has 2 aromatic carbocycles. The Morgan fingerprint density at radius 1 is 1.08 bits per heavy atom. The molecule has 0 atom stereocenters. The van der Waals surface area contributed by atoms with Gasteiger partial charge in [0.05, 0.1) is 10.5 Å². The maximum atomic E-state index is 12.9. The molecule has 13 heteroatoms. The van der Waals surface area contributed by atoms with Crippen LogP contribution in [0.25, 0.3) is 0 Å². The lowest BCUT2D eigenvalue weighted by atomic mass is 10.1. The Morgan fingerprint density at radius 3 is 2.25 bits per heavy atom. The fraction of sp³-hybridized carbons (Fsp3) is 0.391. The van der Waals surface area contributed by atoms with Crippen LogP contribution in [-0.4, -0.2) is 64.3 Å². The summed E-state index contributed by atoms with van der Waals surface area (Å²) in [5, 5.41) is 13.2. The first-order chi connectivity index (χ1) is 16.8. The molecule has 1 aliphatic rings. The van der Waals surface area contributed by atoms with E-state index in [-0.39, 0.29) is 10.8 Å². The van der Waals surface area contributed by atoms with Gasteiger partial charge in [0.25, 0.3) is 15.9 Å². The van der Waals surface area contributed by atoms with E-state index < -0.39 is 22.2 Å². The molecular weight excluding hydrogens is 501 g/mol. The molecule has 198 valence electrons. The number of aryl methyl sites for hydroxylation is 2. The fourth-order valence-corrected chi connectivity index (χ4v) is 4.81. The van der Waals surface area contributed by atoms with Crippen LogP contribution < -0.4 is 20.3 Å². The van der Waals surface area contributed by atoms with Gasteiger partial charge in [0.15, 0.2) is 0 Å². The number of carboxylic acid groups (broad SMARTS) is 1. The van der Waals surface area contributed by atoms with Crippen LogP contribution in [0, 0.1) is 13.8 Å². The summed E-state index contributed by atoms with van der Waals surface area (Å²) in [6, 6.07) is 10.5. The highest BCUT2D eigenvalue weighted by atomic mass is 32.2. The first-order valence-electron chi connectivity index (χ1n) is 11.0. The van der Waals surface area contributed by atoms with Gasteiger partial charge in [-0.15, -0.1) is 0 Å². The zero-order chi connectivity index (χ0) is 27.1. The van der Waals surface area contributed by atoms with Crippen LogP contribution in [0.4, 0.5) is 24.5 Å². The lowest BCUT2D eigenvalue weighted by Gasteiger charge is -2.31. The predicted octanol–water partition coefficient (Wildman–Crippen LogP) is 2.90. The number of halogens is 3. The maximum absolute atomic E-state index is 12.9. The smallest absolute Gasteiger partial charge is 0.475 e. The molecule has 36 heavy (non-hydrogen) atoms. The van der Waals surface area contributed by atoms with Crippen LogP contribution >= 0.6 is 0 Å². The van der Waals surface area contributed by atoms with Gasteiger partial charge in [-0.25, -0.2) is 13.2 Å². The average molecular weight is 531 g/mol. The summed E-state index contributed by atoms with van der Waals surface area (Å²) in [6.45, 7) is 9.24. The van der Waals surface area contributed by atoms with Crippen molar-refractivity contribution < 1.29 is 36.3 Å². The van der Waals surface area contributed by atoms with Crippen molar-refractivity contribution in [3.05, 3.63) is 53.1 Å². The molecule has 0 aromatic heterocycles. The van der Waals surface area contributed by atoms with Crippen LogP contribution in [-0.2, 0) is 14.8 Å². The SMILES string of the molecule is CCNC(=O)c1cc(NS(=O)(=O)c2cc(C)ccc2C)ccc1N1CCNCC1.O=C(O)C(F)(F)F.